The van der Waals surface area contributed by atoms with Crippen LogP contribution < -0.4 is 0 Å². The van der Waals surface area contributed by atoms with Crippen LogP contribution in [0.25, 0.3) is 0 Å². The summed E-state index contributed by atoms with van der Waals surface area (Å²) >= 11 is 0. The van der Waals surface area contributed by atoms with Crippen LogP contribution >= 0.6 is 0 Å². The van der Waals surface area contributed by atoms with Crippen molar-refractivity contribution >= 4 is 17.9 Å². The Morgan fingerprint density at radius 2 is 2.00 bits per heavy atom. The van der Waals surface area contributed by atoms with Crippen molar-refractivity contribution < 1.29 is 34.1 Å². The Hall–Kier alpha value is -1.63. The number of hydrogen-bond acceptors (Lipinski definition) is 6. The number of esters is 2. The van der Waals surface area contributed by atoms with Gasteiger partial charge in [0.1, 0.15) is 0 Å². The molecule has 2 unspecified atom stereocenters. The Morgan fingerprint density at radius 3 is 2.59 bits per heavy atom. The molecule has 96 valence electrons. The Bertz CT molecular complexity index is 338. The van der Waals surface area contributed by atoms with Crippen molar-refractivity contribution in [2.24, 2.45) is 5.92 Å². The predicted molar refractivity (Wildman–Crippen MR) is 52.9 cm³/mol. The third-order valence-corrected chi connectivity index (χ3v) is 2.29. The third-order valence-electron chi connectivity index (χ3n) is 2.29. The molecule has 0 aromatic carbocycles. The van der Waals surface area contributed by atoms with E-state index in [-0.39, 0.29) is 19.1 Å². The van der Waals surface area contributed by atoms with Crippen LogP contribution in [0.5, 0.6) is 0 Å². The molecule has 1 aliphatic heterocycles. The van der Waals surface area contributed by atoms with Crippen molar-refractivity contribution in [2.45, 2.75) is 25.4 Å². The first-order chi connectivity index (χ1) is 7.83. The van der Waals surface area contributed by atoms with E-state index in [1.807, 2.05) is 0 Å². The molecule has 2 N–H and O–H groups in total. The van der Waals surface area contributed by atoms with E-state index < -0.39 is 36.4 Å². The molecule has 0 saturated carbocycles. The normalized spacial score (nSPS) is 30.6. The third kappa shape index (κ3) is 3.70. The molecule has 17 heavy (non-hydrogen) atoms. The standard InChI is InChI=1S/C10H14O7/c1-6-4-16-8(13)3-10(15,2-7(11)12)9(14)17-5-6/h6,15H,2-5H2,1H3,(H,11,12). The van der Waals surface area contributed by atoms with Gasteiger partial charge >= 0.3 is 17.9 Å². The topological polar surface area (TPSA) is 110 Å². The van der Waals surface area contributed by atoms with Crippen molar-refractivity contribution in [3.05, 3.63) is 0 Å². The molecule has 0 amide bonds. The van der Waals surface area contributed by atoms with E-state index in [0.717, 1.165) is 0 Å². The second-order valence-electron chi connectivity index (χ2n) is 4.17. The minimum Gasteiger partial charge on any atom is -0.481 e. The number of aliphatic hydroxyl groups is 1. The lowest BCUT2D eigenvalue weighted by molar-refractivity contribution is -0.174. The van der Waals surface area contributed by atoms with Crippen LogP contribution in [0.1, 0.15) is 19.8 Å². The zero-order chi connectivity index (χ0) is 13.1. The minimum atomic E-state index is -2.35. The number of aliphatic carboxylic acids is 1. The molecule has 7 heteroatoms. The van der Waals surface area contributed by atoms with Gasteiger partial charge in [0.2, 0.25) is 0 Å². The first kappa shape index (κ1) is 13.4. The number of rotatable bonds is 2. The highest BCUT2D eigenvalue weighted by molar-refractivity contribution is 5.89. The molecule has 0 spiro atoms. The van der Waals surface area contributed by atoms with E-state index >= 15 is 0 Å². The maximum atomic E-state index is 11.5. The van der Waals surface area contributed by atoms with Gasteiger partial charge in [-0.3, -0.25) is 9.59 Å². The van der Waals surface area contributed by atoms with Crippen molar-refractivity contribution in [3.8, 4) is 0 Å². The van der Waals surface area contributed by atoms with Crippen LogP contribution in [0.4, 0.5) is 0 Å². The molecule has 1 fully saturated rings. The van der Waals surface area contributed by atoms with E-state index in [1.165, 1.54) is 0 Å². The molecule has 1 heterocycles. The lowest BCUT2D eigenvalue weighted by atomic mass is 9.96. The fourth-order valence-corrected chi connectivity index (χ4v) is 1.38. The molecule has 0 aliphatic carbocycles. The molecule has 7 nitrogen and oxygen atoms in total. The number of hydrogen-bond donors (Lipinski definition) is 2. The van der Waals surface area contributed by atoms with Crippen LogP contribution in [-0.4, -0.2) is 46.9 Å². The van der Waals surface area contributed by atoms with E-state index in [0.29, 0.717) is 0 Å². The van der Waals surface area contributed by atoms with Gasteiger partial charge < -0.3 is 19.7 Å². The highest BCUT2D eigenvalue weighted by Crippen LogP contribution is 2.21. The Labute approximate surface area is 97.3 Å². The van der Waals surface area contributed by atoms with E-state index in [9.17, 15) is 19.5 Å². The van der Waals surface area contributed by atoms with Crippen LogP contribution in [0.2, 0.25) is 0 Å². The van der Waals surface area contributed by atoms with Gasteiger partial charge in [-0.1, -0.05) is 6.92 Å². The van der Waals surface area contributed by atoms with Gasteiger partial charge in [0.05, 0.1) is 26.1 Å². The number of carbonyl (C=O) groups excluding carboxylic acids is 2. The minimum absolute atomic E-state index is 0.0337. The highest BCUT2D eigenvalue weighted by Gasteiger charge is 2.43. The molecule has 1 saturated heterocycles. The number of cyclic esters (lactones) is 2. The summed E-state index contributed by atoms with van der Waals surface area (Å²) in [5, 5.41) is 18.4. The highest BCUT2D eigenvalue weighted by atomic mass is 16.6. The van der Waals surface area contributed by atoms with Gasteiger partial charge in [0.15, 0.2) is 5.60 Å². The molecule has 0 bridgehead atoms. The zero-order valence-corrected chi connectivity index (χ0v) is 9.34. The number of ether oxygens (including phenoxy) is 2. The summed E-state index contributed by atoms with van der Waals surface area (Å²) in [6.07, 6.45) is -1.61. The Balaban J connectivity index is 2.88. The number of carbonyl (C=O) groups is 3. The molecular weight excluding hydrogens is 232 g/mol. The maximum Gasteiger partial charge on any atom is 0.339 e. The quantitative estimate of drug-likeness (QED) is 0.621. The zero-order valence-electron chi connectivity index (χ0n) is 9.34. The van der Waals surface area contributed by atoms with Gasteiger partial charge in [0, 0.05) is 5.92 Å². The van der Waals surface area contributed by atoms with E-state index in [1.54, 1.807) is 6.92 Å². The lowest BCUT2D eigenvalue weighted by Crippen LogP contribution is -2.44. The monoisotopic (exact) mass is 246 g/mol. The molecule has 1 aliphatic rings. The summed E-state index contributed by atoms with van der Waals surface area (Å²) in [7, 11) is 0. The summed E-state index contributed by atoms with van der Waals surface area (Å²) < 4.78 is 9.53. The fourth-order valence-electron chi connectivity index (χ4n) is 1.38. The lowest BCUT2D eigenvalue weighted by Gasteiger charge is -2.21. The second kappa shape index (κ2) is 5.13. The SMILES string of the molecule is CC1COC(=O)CC(O)(CC(=O)O)C(=O)OC1. The summed E-state index contributed by atoms with van der Waals surface area (Å²) in [6, 6.07) is 0. The first-order valence-corrected chi connectivity index (χ1v) is 5.10. The van der Waals surface area contributed by atoms with Gasteiger partial charge in [-0.2, -0.15) is 0 Å². The Morgan fingerprint density at radius 1 is 1.41 bits per heavy atom. The summed E-state index contributed by atoms with van der Waals surface area (Å²) in [5.41, 5.74) is -2.35. The van der Waals surface area contributed by atoms with Crippen molar-refractivity contribution in [1.29, 1.82) is 0 Å². The first-order valence-electron chi connectivity index (χ1n) is 5.10. The molecule has 0 radical (unpaired) electrons. The van der Waals surface area contributed by atoms with Crippen LogP contribution in [0, 0.1) is 5.92 Å². The second-order valence-corrected chi connectivity index (χ2v) is 4.17. The van der Waals surface area contributed by atoms with Crippen LogP contribution in [0.3, 0.4) is 0 Å². The summed E-state index contributed by atoms with van der Waals surface area (Å²) in [5.74, 6) is -3.52. The predicted octanol–water partition coefficient (Wildman–Crippen LogP) is -0.682. The number of carboxylic acid groups (broad SMARTS) is 1. The molecule has 2 atom stereocenters. The van der Waals surface area contributed by atoms with Crippen molar-refractivity contribution in [3.63, 3.8) is 0 Å². The summed E-state index contributed by atoms with van der Waals surface area (Å²) in [6.45, 7) is 1.73. The Kier molecular flexibility index (Phi) is 4.06. The van der Waals surface area contributed by atoms with Crippen molar-refractivity contribution in [2.75, 3.05) is 13.2 Å². The van der Waals surface area contributed by atoms with Gasteiger partial charge in [-0.05, 0) is 0 Å². The van der Waals surface area contributed by atoms with Gasteiger partial charge in [-0.25, -0.2) is 4.79 Å². The number of carboxylic acids is 1. The fraction of sp³-hybridized carbons (Fsp3) is 0.700. The molecule has 0 aromatic rings. The van der Waals surface area contributed by atoms with E-state index in [2.05, 4.69) is 0 Å². The average molecular weight is 246 g/mol. The maximum absolute atomic E-state index is 11.5. The van der Waals surface area contributed by atoms with Gasteiger partial charge in [-0.15, -0.1) is 0 Å². The van der Waals surface area contributed by atoms with Crippen molar-refractivity contribution in [1.82, 2.24) is 0 Å². The molecule has 0 aromatic heterocycles. The largest absolute Gasteiger partial charge is 0.481 e. The molecule has 1 rings (SSSR count). The average Bonchev–Trinajstić information content (AvgIpc) is 2.24. The van der Waals surface area contributed by atoms with Gasteiger partial charge in [0.25, 0.3) is 0 Å². The smallest absolute Gasteiger partial charge is 0.339 e. The van der Waals surface area contributed by atoms with Crippen LogP contribution in [0.15, 0.2) is 0 Å². The summed E-state index contributed by atoms with van der Waals surface area (Å²) in [4.78, 5) is 33.4. The molecular formula is C10H14O7. The van der Waals surface area contributed by atoms with Crippen LogP contribution in [-0.2, 0) is 23.9 Å². The van der Waals surface area contributed by atoms with E-state index in [4.69, 9.17) is 14.6 Å².